The number of hydrogen-bond acceptors (Lipinski definition) is 5. The first-order chi connectivity index (χ1) is 10.8. The number of hydrogen-bond donors (Lipinski definition) is 1. The van der Waals surface area contributed by atoms with E-state index < -0.39 is 16.9 Å². The van der Waals surface area contributed by atoms with Crippen LogP contribution in [0.2, 0.25) is 0 Å². The van der Waals surface area contributed by atoms with E-state index in [-0.39, 0.29) is 24.0 Å². The Kier molecular flexibility index (Phi) is 3.50. The fourth-order valence-corrected chi connectivity index (χ4v) is 3.08. The van der Waals surface area contributed by atoms with Gasteiger partial charge in [-0.25, -0.2) is 9.59 Å². The van der Waals surface area contributed by atoms with Crippen molar-refractivity contribution < 1.29 is 14.3 Å². The molecule has 0 saturated carbocycles. The van der Waals surface area contributed by atoms with E-state index in [1.807, 2.05) is 0 Å². The van der Waals surface area contributed by atoms with Crippen molar-refractivity contribution in [1.29, 1.82) is 0 Å². The number of aromatic amines is 1. The van der Waals surface area contributed by atoms with Gasteiger partial charge in [0.25, 0.3) is 5.56 Å². The Hall–Kier alpha value is -2.58. The van der Waals surface area contributed by atoms with Gasteiger partial charge in [0.2, 0.25) is 5.91 Å². The molecule has 23 heavy (non-hydrogen) atoms. The van der Waals surface area contributed by atoms with Crippen LogP contribution < -0.4 is 11.2 Å². The van der Waals surface area contributed by atoms with Gasteiger partial charge in [-0.15, -0.1) is 0 Å². The molecule has 2 aliphatic heterocycles. The standard InChI is InChI=1S/C14H18N4O5/c1-16-7-14(23-13(16)22)3-4-18(8-14)10(19)5-9-6-15-12(21)17(2)11(9)20/h6H,3-5,7-8H2,1-2H3,(H,15,21)/t14-/m0/s1. The Morgan fingerprint density at radius 1 is 1.30 bits per heavy atom. The number of nitrogens with one attached hydrogen (secondary N) is 1. The molecule has 2 fully saturated rings. The highest BCUT2D eigenvalue weighted by Gasteiger charge is 2.49. The number of ether oxygens (including phenoxy) is 1. The molecule has 1 N–H and O–H groups in total. The molecule has 9 heteroatoms. The topological polar surface area (TPSA) is 105 Å². The lowest BCUT2D eigenvalue weighted by atomic mass is 10.0. The van der Waals surface area contributed by atoms with Crippen LogP contribution in [0.1, 0.15) is 12.0 Å². The Balaban J connectivity index is 1.71. The van der Waals surface area contributed by atoms with Gasteiger partial charge < -0.3 is 19.5 Å². The number of likely N-dealkylation sites (tertiary alicyclic amines) is 1. The summed E-state index contributed by atoms with van der Waals surface area (Å²) in [4.78, 5) is 52.7. The third-order valence-electron chi connectivity index (χ3n) is 4.41. The summed E-state index contributed by atoms with van der Waals surface area (Å²) in [6.45, 7) is 1.26. The molecule has 1 spiro atoms. The number of rotatable bonds is 2. The molecule has 0 aliphatic carbocycles. The largest absolute Gasteiger partial charge is 0.439 e. The quantitative estimate of drug-likeness (QED) is 0.726. The van der Waals surface area contributed by atoms with Crippen molar-refractivity contribution >= 4 is 12.0 Å². The van der Waals surface area contributed by atoms with Crippen molar-refractivity contribution in [1.82, 2.24) is 19.4 Å². The minimum absolute atomic E-state index is 0.0939. The molecule has 124 valence electrons. The van der Waals surface area contributed by atoms with Crippen LogP contribution in [0.15, 0.2) is 15.8 Å². The summed E-state index contributed by atoms with van der Waals surface area (Å²) in [5, 5.41) is 0. The second-order valence-electron chi connectivity index (χ2n) is 6.13. The number of likely N-dealkylation sites (N-methyl/N-ethyl adjacent to an activating group) is 1. The summed E-state index contributed by atoms with van der Waals surface area (Å²) in [7, 11) is 3.01. The van der Waals surface area contributed by atoms with Crippen molar-refractivity contribution in [3.63, 3.8) is 0 Å². The molecule has 0 radical (unpaired) electrons. The predicted octanol–water partition coefficient (Wildman–Crippen LogP) is -1.33. The van der Waals surface area contributed by atoms with E-state index in [4.69, 9.17) is 4.74 Å². The smallest absolute Gasteiger partial charge is 0.410 e. The lowest BCUT2D eigenvalue weighted by molar-refractivity contribution is -0.130. The number of H-pyrrole nitrogens is 1. The van der Waals surface area contributed by atoms with Gasteiger partial charge in [0.05, 0.1) is 19.5 Å². The highest BCUT2D eigenvalue weighted by molar-refractivity contribution is 5.79. The summed E-state index contributed by atoms with van der Waals surface area (Å²) in [5.41, 5.74) is -1.41. The van der Waals surface area contributed by atoms with Crippen LogP contribution in [-0.4, -0.2) is 63.6 Å². The molecule has 2 saturated heterocycles. The molecule has 3 rings (SSSR count). The third kappa shape index (κ3) is 2.62. The Morgan fingerprint density at radius 2 is 2.04 bits per heavy atom. The van der Waals surface area contributed by atoms with Crippen LogP contribution in [0.3, 0.4) is 0 Å². The predicted molar refractivity (Wildman–Crippen MR) is 79.0 cm³/mol. The average Bonchev–Trinajstić information content (AvgIpc) is 3.03. The van der Waals surface area contributed by atoms with Gasteiger partial charge >= 0.3 is 11.8 Å². The average molecular weight is 322 g/mol. The fourth-order valence-electron chi connectivity index (χ4n) is 3.08. The van der Waals surface area contributed by atoms with Crippen LogP contribution in [0.25, 0.3) is 0 Å². The van der Waals surface area contributed by atoms with Crippen LogP contribution in [0, 0.1) is 0 Å². The molecule has 1 atom stereocenters. The second kappa shape index (κ2) is 5.25. The van der Waals surface area contributed by atoms with Crippen LogP contribution in [0.4, 0.5) is 4.79 Å². The highest BCUT2D eigenvalue weighted by Crippen LogP contribution is 2.31. The van der Waals surface area contributed by atoms with Gasteiger partial charge in [-0.1, -0.05) is 0 Å². The molecule has 0 aromatic carbocycles. The minimum Gasteiger partial charge on any atom is -0.439 e. The number of aromatic nitrogens is 2. The Morgan fingerprint density at radius 3 is 2.70 bits per heavy atom. The van der Waals surface area contributed by atoms with Crippen LogP contribution in [-0.2, 0) is 23.0 Å². The van der Waals surface area contributed by atoms with E-state index >= 15 is 0 Å². The van der Waals surface area contributed by atoms with E-state index in [0.717, 1.165) is 4.57 Å². The molecular formula is C14H18N4O5. The van der Waals surface area contributed by atoms with Gasteiger partial charge in [0.15, 0.2) is 5.60 Å². The third-order valence-corrected chi connectivity index (χ3v) is 4.41. The summed E-state index contributed by atoms with van der Waals surface area (Å²) in [5.74, 6) is -0.225. The van der Waals surface area contributed by atoms with Gasteiger partial charge in [-0.2, -0.15) is 0 Å². The first kappa shape index (κ1) is 15.3. The van der Waals surface area contributed by atoms with E-state index in [2.05, 4.69) is 4.98 Å². The van der Waals surface area contributed by atoms with Crippen molar-refractivity contribution in [2.45, 2.75) is 18.4 Å². The van der Waals surface area contributed by atoms with Crippen LogP contribution >= 0.6 is 0 Å². The van der Waals surface area contributed by atoms with Gasteiger partial charge in [0.1, 0.15) is 0 Å². The Bertz CT molecular complexity index is 782. The zero-order valence-corrected chi connectivity index (χ0v) is 13.0. The SMILES string of the molecule is CN1C[C@]2(CCN(C(=O)Cc3c[nH]c(=O)n(C)c3=O)C2)OC1=O. The summed E-state index contributed by atoms with van der Waals surface area (Å²) >= 11 is 0. The zero-order chi connectivity index (χ0) is 16.8. The van der Waals surface area contributed by atoms with E-state index in [1.165, 1.54) is 18.1 Å². The molecule has 2 aliphatic rings. The molecule has 9 nitrogen and oxygen atoms in total. The maximum Gasteiger partial charge on any atom is 0.410 e. The lowest BCUT2D eigenvalue weighted by Crippen LogP contribution is -2.41. The highest BCUT2D eigenvalue weighted by atomic mass is 16.6. The zero-order valence-electron chi connectivity index (χ0n) is 13.0. The Labute approximate surface area is 131 Å². The van der Waals surface area contributed by atoms with E-state index in [1.54, 1.807) is 11.9 Å². The molecule has 3 heterocycles. The number of carbonyl (C=O) groups is 2. The van der Waals surface area contributed by atoms with E-state index in [9.17, 15) is 19.2 Å². The molecule has 2 amide bonds. The van der Waals surface area contributed by atoms with Crippen molar-refractivity contribution in [3.8, 4) is 0 Å². The summed E-state index contributed by atoms with van der Waals surface area (Å²) < 4.78 is 6.32. The van der Waals surface area contributed by atoms with E-state index in [0.29, 0.717) is 26.1 Å². The normalized spacial score (nSPS) is 23.7. The fraction of sp³-hybridized carbons (Fsp3) is 0.571. The minimum atomic E-state index is -0.641. The van der Waals surface area contributed by atoms with Crippen LogP contribution in [0.5, 0.6) is 0 Å². The molecule has 0 unspecified atom stereocenters. The molecule has 0 bridgehead atoms. The van der Waals surface area contributed by atoms with Crippen molar-refractivity contribution in [2.75, 3.05) is 26.7 Å². The van der Waals surface area contributed by atoms with Crippen molar-refractivity contribution in [3.05, 3.63) is 32.6 Å². The van der Waals surface area contributed by atoms with Gasteiger partial charge in [0, 0.05) is 38.8 Å². The lowest BCUT2D eigenvalue weighted by Gasteiger charge is -2.21. The number of carbonyl (C=O) groups excluding carboxylic acids is 2. The maximum absolute atomic E-state index is 12.4. The summed E-state index contributed by atoms with van der Waals surface area (Å²) in [6.07, 6.45) is 1.38. The van der Waals surface area contributed by atoms with Crippen molar-refractivity contribution in [2.24, 2.45) is 7.05 Å². The number of nitrogens with zero attached hydrogens (tertiary/aromatic N) is 3. The molecule has 1 aromatic rings. The maximum atomic E-state index is 12.4. The monoisotopic (exact) mass is 322 g/mol. The first-order valence-corrected chi connectivity index (χ1v) is 7.31. The first-order valence-electron chi connectivity index (χ1n) is 7.31. The number of amides is 2. The van der Waals surface area contributed by atoms with Gasteiger partial charge in [-0.3, -0.25) is 14.2 Å². The second-order valence-corrected chi connectivity index (χ2v) is 6.13. The molecule has 1 aromatic heterocycles. The molecular weight excluding hydrogens is 304 g/mol. The van der Waals surface area contributed by atoms with Gasteiger partial charge in [-0.05, 0) is 0 Å². The summed E-state index contributed by atoms with van der Waals surface area (Å²) in [6, 6.07) is 0.